The second-order valence-electron chi connectivity index (χ2n) is 6.19. The fourth-order valence-corrected chi connectivity index (χ4v) is 2.50. The average Bonchev–Trinajstić information content (AvgIpc) is 3.26. The van der Waals surface area contributed by atoms with Gasteiger partial charge in [0, 0.05) is 5.69 Å². The minimum Gasteiger partial charge on any atom is -0.494 e. The van der Waals surface area contributed by atoms with Crippen LogP contribution in [0.25, 0.3) is 0 Å². The number of carbonyl (C=O) groups excluding carboxylic acids is 2. The molecule has 29 heavy (non-hydrogen) atoms. The minimum absolute atomic E-state index is 0.153. The lowest BCUT2D eigenvalue weighted by Crippen LogP contribution is -2.41. The molecule has 2 aromatic carbocycles. The highest BCUT2D eigenvalue weighted by Gasteiger charge is 2.18. The van der Waals surface area contributed by atoms with Crippen LogP contribution in [0.2, 0.25) is 0 Å². The Hall–Kier alpha value is -3.74. The predicted octanol–water partition coefficient (Wildman–Crippen LogP) is 4.23. The summed E-state index contributed by atoms with van der Waals surface area (Å²) in [4.78, 5) is 24.2. The first-order valence-electron chi connectivity index (χ1n) is 9.21. The molecule has 0 saturated carbocycles. The summed E-state index contributed by atoms with van der Waals surface area (Å²) in [6.07, 6.45) is 1.40. The van der Waals surface area contributed by atoms with E-state index in [9.17, 15) is 9.59 Å². The summed E-state index contributed by atoms with van der Waals surface area (Å²) in [6, 6.07) is 16.7. The molecule has 3 rings (SSSR count). The molecule has 0 aliphatic rings. The van der Waals surface area contributed by atoms with Crippen molar-refractivity contribution in [1.82, 2.24) is 5.32 Å². The van der Waals surface area contributed by atoms with Gasteiger partial charge >= 0.3 is 0 Å². The fraction of sp³-hybridized carbons (Fsp3) is 0.182. The zero-order valence-electron chi connectivity index (χ0n) is 16.2. The van der Waals surface area contributed by atoms with Crippen molar-refractivity contribution < 1.29 is 23.5 Å². The van der Waals surface area contributed by atoms with Crippen LogP contribution >= 0.6 is 0 Å². The van der Waals surface area contributed by atoms with Crippen molar-refractivity contribution in [2.75, 3.05) is 11.9 Å². The molecule has 0 spiro atoms. The van der Waals surface area contributed by atoms with Gasteiger partial charge in [-0.2, -0.15) is 0 Å². The Morgan fingerprint density at radius 2 is 1.59 bits per heavy atom. The van der Waals surface area contributed by atoms with E-state index in [0.29, 0.717) is 23.8 Å². The number of anilines is 1. The molecule has 0 radical (unpaired) electrons. The lowest BCUT2D eigenvalue weighted by atomic mass is 10.2. The van der Waals surface area contributed by atoms with Crippen LogP contribution in [0.15, 0.2) is 71.3 Å². The first kappa shape index (κ1) is 20.0. The number of hydrogen-bond donors (Lipinski definition) is 2. The summed E-state index contributed by atoms with van der Waals surface area (Å²) in [5, 5.41) is 5.33. The molecule has 0 saturated heterocycles. The molecule has 150 valence electrons. The molecular formula is C22H22N2O5. The average molecular weight is 394 g/mol. The van der Waals surface area contributed by atoms with Crippen LogP contribution in [0.1, 0.15) is 24.4 Å². The van der Waals surface area contributed by atoms with E-state index in [0.717, 1.165) is 5.75 Å². The standard InChI is InChI=1S/C22H22N2O5/c1-3-27-17-10-12-19(13-11-17)29-18-8-6-16(7-9-18)24-21(25)15(2)23-22(26)20-5-4-14-28-20/h4-15H,3H2,1-2H3,(H,23,26)(H,24,25). The third-order valence-corrected chi connectivity index (χ3v) is 3.98. The van der Waals surface area contributed by atoms with Gasteiger partial charge in [-0.15, -0.1) is 0 Å². The number of hydrogen-bond acceptors (Lipinski definition) is 5. The molecule has 0 bridgehead atoms. The highest BCUT2D eigenvalue weighted by Crippen LogP contribution is 2.25. The van der Waals surface area contributed by atoms with Gasteiger partial charge in [0.1, 0.15) is 23.3 Å². The number of furan rings is 1. The summed E-state index contributed by atoms with van der Waals surface area (Å²) in [7, 11) is 0. The van der Waals surface area contributed by atoms with Crippen molar-refractivity contribution in [2.24, 2.45) is 0 Å². The van der Waals surface area contributed by atoms with Gasteiger partial charge in [0.2, 0.25) is 5.91 Å². The third-order valence-electron chi connectivity index (χ3n) is 3.98. The molecular weight excluding hydrogens is 372 g/mol. The number of benzene rings is 2. The van der Waals surface area contributed by atoms with Gasteiger partial charge in [0.25, 0.3) is 5.91 Å². The Kier molecular flexibility index (Phi) is 6.52. The van der Waals surface area contributed by atoms with Crippen LogP contribution in [0.5, 0.6) is 17.2 Å². The highest BCUT2D eigenvalue weighted by molar-refractivity contribution is 5.99. The molecule has 1 unspecified atom stereocenters. The molecule has 1 aromatic heterocycles. The smallest absolute Gasteiger partial charge is 0.287 e. The van der Waals surface area contributed by atoms with Gasteiger partial charge in [-0.25, -0.2) is 0 Å². The number of nitrogens with one attached hydrogen (secondary N) is 2. The Bertz CT molecular complexity index is 934. The maximum absolute atomic E-state index is 12.3. The monoisotopic (exact) mass is 394 g/mol. The Morgan fingerprint density at radius 3 is 2.17 bits per heavy atom. The number of ether oxygens (including phenoxy) is 2. The van der Waals surface area contributed by atoms with Crippen molar-refractivity contribution >= 4 is 17.5 Å². The summed E-state index contributed by atoms with van der Waals surface area (Å²) in [5.74, 6) is 1.46. The summed E-state index contributed by atoms with van der Waals surface area (Å²) in [6.45, 7) is 4.14. The van der Waals surface area contributed by atoms with Crippen LogP contribution in [-0.4, -0.2) is 24.5 Å². The quantitative estimate of drug-likeness (QED) is 0.597. The maximum Gasteiger partial charge on any atom is 0.287 e. The van der Waals surface area contributed by atoms with E-state index in [1.807, 2.05) is 31.2 Å². The summed E-state index contributed by atoms with van der Waals surface area (Å²) >= 11 is 0. The number of amides is 2. The minimum atomic E-state index is -0.729. The highest BCUT2D eigenvalue weighted by atomic mass is 16.5. The van der Waals surface area contributed by atoms with Gasteiger partial charge in [-0.05, 0) is 74.5 Å². The van der Waals surface area contributed by atoms with E-state index in [2.05, 4.69) is 10.6 Å². The predicted molar refractivity (Wildman–Crippen MR) is 108 cm³/mol. The molecule has 2 amide bonds. The van der Waals surface area contributed by atoms with Gasteiger partial charge in [-0.1, -0.05) is 0 Å². The molecule has 0 aliphatic heterocycles. The number of carbonyl (C=O) groups is 2. The summed E-state index contributed by atoms with van der Waals surface area (Å²) < 4.78 is 16.2. The van der Waals surface area contributed by atoms with Crippen LogP contribution in [0, 0.1) is 0 Å². The molecule has 1 atom stereocenters. The molecule has 0 aliphatic carbocycles. The van der Waals surface area contributed by atoms with Crippen molar-refractivity contribution in [2.45, 2.75) is 19.9 Å². The number of rotatable bonds is 8. The van der Waals surface area contributed by atoms with Gasteiger partial charge in [0.05, 0.1) is 12.9 Å². The van der Waals surface area contributed by atoms with E-state index < -0.39 is 11.9 Å². The zero-order valence-corrected chi connectivity index (χ0v) is 16.2. The van der Waals surface area contributed by atoms with Crippen molar-refractivity contribution in [3.8, 4) is 17.2 Å². The van der Waals surface area contributed by atoms with Crippen molar-refractivity contribution in [3.05, 3.63) is 72.7 Å². The second-order valence-corrected chi connectivity index (χ2v) is 6.19. The maximum atomic E-state index is 12.3. The lowest BCUT2D eigenvalue weighted by molar-refractivity contribution is -0.117. The third kappa shape index (κ3) is 5.62. The van der Waals surface area contributed by atoms with E-state index in [1.165, 1.54) is 12.3 Å². The van der Waals surface area contributed by atoms with E-state index >= 15 is 0 Å². The molecule has 0 fully saturated rings. The molecule has 1 heterocycles. The van der Waals surface area contributed by atoms with Crippen LogP contribution in [0.3, 0.4) is 0 Å². The Balaban J connectivity index is 1.52. The Morgan fingerprint density at radius 1 is 0.966 bits per heavy atom. The second kappa shape index (κ2) is 9.45. The van der Waals surface area contributed by atoms with E-state index in [-0.39, 0.29) is 11.7 Å². The first-order valence-corrected chi connectivity index (χ1v) is 9.21. The SMILES string of the molecule is CCOc1ccc(Oc2ccc(NC(=O)C(C)NC(=O)c3ccco3)cc2)cc1. The zero-order chi connectivity index (χ0) is 20.6. The largest absolute Gasteiger partial charge is 0.494 e. The molecule has 7 heteroatoms. The van der Waals surface area contributed by atoms with Gasteiger partial charge in [0.15, 0.2) is 5.76 Å². The van der Waals surface area contributed by atoms with Gasteiger partial charge in [-0.3, -0.25) is 9.59 Å². The molecule has 3 aromatic rings. The first-order chi connectivity index (χ1) is 14.0. The molecule has 2 N–H and O–H groups in total. The van der Waals surface area contributed by atoms with Crippen molar-refractivity contribution in [3.63, 3.8) is 0 Å². The van der Waals surface area contributed by atoms with Crippen molar-refractivity contribution in [1.29, 1.82) is 0 Å². The van der Waals surface area contributed by atoms with E-state index in [4.69, 9.17) is 13.9 Å². The Labute approximate surface area is 168 Å². The normalized spacial score (nSPS) is 11.4. The van der Waals surface area contributed by atoms with Crippen LogP contribution in [-0.2, 0) is 4.79 Å². The van der Waals surface area contributed by atoms with Crippen LogP contribution < -0.4 is 20.1 Å². The fourth-order valence-electron chi connectivity index (χ4n) is 2.50. The van der Waals surface area contributed by atoms with Gasteiger partial charge < -0.3 is 24.5 Å². The molecule has 7 nitrogen and oxygen atoms in total. The lowest BCUT2D eigenvalue weighted by Gasteiger charge is -2.14. The topological polar surface area (TPSA) is 89.8 Å². The van der Waals surface area contributed by atoms with Crippen LogP contribution in [0.4, 0.5) is 5.69 Å². The summed E-state index contributed by atoms with van der Waals surface area (Å²) in [5.41, 5.74) is 0.591. The van der Waals surface area contributed by atoms with E-state index in [1.54, 1.807) is 37.3 Å².